The summed E-state index contributed by atoms with van der Waals surface area (Å²) >= 11 is 0. The Morgan fingerprint density at radius 3 is 1.78 bits per heavy atom. The van der Waals surface area contributed by atoms with Gasteiger partial charge in [-0.15, -0.1) is 0 Å². The molecule has 0 aromatic heterocycles. The smallest absolute Gasteiger partial charge is 0.335 e. The zero-order valence-electron chi connectivity index (χ0n) is 55.3. The summed E-state index contributed by atoms with van der Waals surface area (Å²) in [6.45, 7) is 15.9. The molecule has 6 heterocycles. The molecule has 36 atom stereocenters. The van der Waals surface area contributed by atoms with Crippen molar-refractivity contribution >= 4 is 11.9 Å². The molecular formula is C65H104O30. The molecule has 0 radical (unpaired) electrons. The van der Waals surface area contributed by atoms with Crippen LogP contribution in [0.2, 0.25) is 0 Å². The van der Waals surface area contributed by atoms with Crippen LogP contribution < -0.4 is 0 Å². The van der Waals surface area contributed by atoms with Crippen molar-refractivity contribution in [3.63, 3.8) is 0 Å². The number of aliphatic hydroxyl groups is 15. The summed E-state index contributed by atoms with van der Waals surface area (Å²) in [6.07, 6.45) is -41.4. The van der Waals surface area contributed by atoms with E-state index in [-0.39, 0.29) is 29.6 Å². The van der Waals surface area contributed by atoms with Crippen LogP contribution in [0.1, 0.15) is 133 Å². The third-order valence-electron chi connectivity index (χ3n) is 25.2. The normalized spacial score (nSPS) is 54.2. The van der Waals surface area contributed by atoms with Gasteiger partial charge in [0.25, 0.3) is 0 Å². The van der Waals surface area contributed by atoms with Gasteiger partial charge >= 0.3 is 11.9 Å². The van der Waals surface area contributed by atoms with Crippen LogP contribution in [0, 0.1) is 50.2 Å². The molecular weight excluding hydrogens is 1260 g/mol. The monoisotopic (exact) mass is 1360 g/mol. The Morgan fingerprint density at radius 2 is 1.13 bits per heavy atom. The Kier molecular flexibility index (Phi) is 21.1. The lowest BCUT2D eigenvalue weighted by molar-refractivity contribution is -0.411. The van der Waals surface area contributed by atoms with Gasteiger partial charge in [-0.2, -0.15) is 0 Å². The van der Waals surface area contributed by atoms with Crippen molar-refractivity contribution in [2.75, 3.05) is 19.8 Å². The van der Waals surface area contributed by atoms with Crippen molar-refractivity contribution in [1.29, 1.82) is 0 Å². The number of hydrogen-bond acceptors (Lipinski definition) is 29. The Morgan fingerprint density at radius 1 is 0.547 bits per heavy atom. The van der Waals surface area contributed by atoms with Crippen LogP contribution in [0.25, 0.3) is 0 Å². The molecule has 95 heavy (non-hydrogen) atoms. The van der Waals surface area contributed by atoms with Crippen molar-refractivity contribution in [2.24, 2.45) is 50.2 Å². The van der Waals surface area contributed by atoms with Crippen molar-refractivity contribution < 1.29 is 148 Å². The number of unbranched alkanes of at least 4 members (excludes halogenated alkanes) is 1. The van der Waals surface area contributed by atoms with Gasteiger partial charge < -0.3 is 139 Å². The Bertz CT molecular complexity index is 2720. The number of aliphatic carboxylic acids is 1. The van der Waals surface area contributed by atoms with Crippen LogP contribution >= 0.6 is 0 Å². The SMILES string of the molecule is CCC/C=C\C(=O)O[C@H]1CC(C)(C)C[C@@H]2[C@]13[C@H](O)C[C@@]1(C)[C@]4(C)CC[C@H]5C(C)(C)[C@@H](O[C@@H]6O[C@H](C(=O)O)[C@@H](O)[C@H](O[C@@H]7O[C@H](CO)[C@H](O)[C@H](O)[C@H]7O[C@@H]7O[C@@H](C)[C@H](O)[C@@H](O)[C@H]7O[C@@H]7OC[C@@H](O)[C@H](O)[C@H]7O)[C@H]6O[C@@H]6O[C@H](CO)[C@H](O)[C@H](O)[C@H]6O)CC[C@]5(C)[C@H]4CC[C@@]21O[C@H]3O. The molecule has 1 spiro atoms. The molecule has 5 aliphatic carbocycles. The number of allylic oxidation sites excluding steroid dienone is 1. The molecule has 0 amide bonds. The van der Waals surface area contributed by atoms with Gasteiger partial charge in [0.1, 0.15) is 110 Å². The van der Waals surface area contributed by atoms with Gasteiger partial charge in [0.15, 0.2) is 43.8 Å². The number of rotatable bonds is 17. The van der Waals surface area contributed by atoms with Gasteiger partial charge in [-0.3, -0.25) is 0 Å². The van der Waals surface area contributed by atoms with Crippen LogP contribution in [0.3, 0.4) is 0 Å². The Balaban J connectivity index is 0.903. The van der Waals surface area contributed by atoms with Gasteiger partial charge in [-0.1, -0.05) is 67.9 Å². The fraction of sp³-hybridized carbons (Fsp3) is 0.938. The highest BCUT2D eigenvalue weighted by molar-refractivity contribution is 5.82. The summed E-state index contributed by atoms with van der Waals surface area (Å²) < 4.78 is 74.9. The van der Waals surface area contributed by atoms with Crippen LogP contribution in [0.5, 0.6) is 0 Å². The average Bonchev–Trinajstić information content (AvgIpc) is 1.54. The first-order valence-corrected chi connectivity index (χ1v) is 33.9. The van der Waals surface area contributed by atoms with Crippen LogP contribution in [-0.2, 0) is 66.4 Å². The van der Waals surface area contributed by atoms with E-state index < -0.39 is 236 Å². The van der Waals surface area contributed by atoms with Crippen LogP contribution in [0.4, 0.5) is 0 Å². The molecule has 0 aromatic carbocycles. The minimum atomic E-state index is -2.34. The maximum atomic E-state index is 13.5. The third kappa shape index (κ3) is 12.0. The molecule has 544 valence electrons. The maximum Gasteiger partial charge on any atom is 0.335 e. The molecule has 11 fully saturated rings. The predicted octanol–water partition coefficient (Wildman–Crippen LogP) is -2.57. The van der Waals surface area contributed by atoms with Crippen molar-refractivity contribution in [1.82, 2.24) is 0 Å². The first-order chi connectivity index (χ1) is 44.5. The lowest BCUT2D eigenvalue weighted by Crippen LogP contribution is -2.75. The summed E-state index contributed by atoms with van der Waals surface area (Å²) in [5.74, 6) is -2.83. The first-order valence-electron chi connectivity index (χ1n) is 33.9. The van der Waals surface area contributed by atoms with Crippen molar-refractivity contribution in [3.05, 3.63) is 12.2 Å². The van der Waals surface area contributed by atoms with Gasteiger partial charge in [-0.05, 0) is 105 Å². The molecule has 11 rings (SSSR count). The van der Waals surface area contributed by atoms with Crippen LogP contribution in [-0.4, -0.2) is 291 Å². The Labute approximate surface area is 551 Å². The number of carboxylic acid groups (broad SMARTS) is 1. The molecule has 11 aliphatic rings. The Hall–Kier alpha value is -2.36. The summed E-state index contributed by atoms with van der Waals surface area (Å²) in [7, 11) is 0. The standard InChI is InChI=1S/C65H104O30/c1-10-11-12-13-36(70)88-35-22-59(3,4)20-32-64-19-15-31-61(7)17-16-34(60(5,6)30(61)14-18-62(31,8)63(64,9)21-33(69)65(32,35)58(83)95-64)89-57-51(94-54-45(79)41(75)39(73)28(23-66)86-54)47(46(80)48(91-57)52(81)82)90-56-50(43(77)40(74)29(24-67)87-56)93-55-49(42(76)37(71)26(2)85-55)92-53-44(78)38(72)27(68)25-84-53/h12-13,26-35,37-51,53-58,66-69,71-80,83H,10-11,14-25H2,1-9H3,(H,81,82)/b13-12-/t26-,27+,28+,29+,30-,31+,32-,33+,34-,35-,37-,38-,39-,40-,41-,42+,43-,44+,45+,46-,47-,48-,49+,50+,51+,53-,54-,55-,56-,57+,58+,61-,62+,63-,64+,65-/m0/s1. The summed E-state index contributed by atoms with van der Waals surface area (Å²) in [6, 6.07) is 0. The van der Waals surface area contributed by atoms with Crippen LogP contribution in [0.15, 0.2) is 12.2 Å². The highest BCUT2D eigenvalue weighted by atomic mass is 16.8. The first kappa shape index (κ1) is 73.8. The van der Waals surface area contributed by atoms with Crippen molar-refractivity contribution in [2.45, 2.75) is 311 Å². The molecule has 0 unspecified atom stereocenters. The summed E-state index contributed by atoms with van der Waals surface area (Å²) in [5.41, 5.74) is -5.10. The highest BCUT2D eigenvalue weighted by Gasteiger charge is 2.84. The molecule has 6 aliphatic heterocycles. The second-order valence-electron chi connectivity index (χ2n) is 31.2. The fourth-order valence-electron chi connectivity index (χ4n) is 20.1. The second kappa shape index (κ2) is 27.1. The molecule has 5 saturated carbocycles. The van der Waals surface area contributed by atoms with E-state index >= 15 is 0 Å². The topological polar surface area (TPSA) is 469 Å². The maximum absolute atomic E-state index is 13.5. The zero-order chi connectivity index (χ0) is 69.4. The minimum Gasteiger partial charge on any atom is -0.479 e. The number of esters is 1. The van der Waals surface area contributed by atoms with E-state index in [1.54, 1.807) is 6.08 Å². The van der Waals surface area contributed by atoms with E-state index in [1.165, 1.54) is 13.0 Å². The molecule has 16 N–H and O–H groups in total. The predicted molar refractivity (Wildman–Crippen MR) is 318 cm³/mol. The van der Waals surface area contributed by atoms with Crippen molar-refractivity contribution in [3.8, 4) is 0 Å². The molecule has 30 nitrogen and oxygen atoms in total. The second-order valence-corrected chi connectivity index (χ2v) is 31.2. The quantitative estimate of drug-likeness (QED) is 0.0404. The largest absolute Gasteiger partial charge is 0.479 e. The van der Waals surface area contributed by atoms with Gasteiger partial charge in [0.05, 0.1) is 49.1 Å². The third-order valence-corrected chi connectivity index (χ3v) is 25.2. The van der Waals surface area contributed by atoms with E-state index in [9.17, 15) is 91.3 Å². The number of carboxylic acids is 1. The zero-order valence-corrected chi connectivity index (χ0v) is 55.3. The molecule has 2 bridgehead atoms. The lowest BCUT2D eigenvalue weighted by atomic mass is 9.30. The number of ether oxygens (including phenoxy) is 12. The molecule has 30 heteroatoms. The molecule has 0 aromatic rings. The summed E-state index contributed by atoms with van der Waals surface area (Å²) in [4.78, 5) is 26.9. The minimum absolute atomic E-state index is 0.00846. The number of aliphatic hydroxyl groups excluding tert-OH is 15. The lowest BCUT2D eigenvalue weighted by Gasteiger charge is -2.75. The number of carbonyl (C=O) groups is 2. The highest BCUT2D eigenvalue weighted by Crippen LogP contribution is 2.81. The number of carbonyl (C=O) groups excluding carboxylic acids is 1. The van der Waals surface area contributed by atoms with Gasteiger partial charge in [0.2, 0.25) is 0 Å². The van der Waals surface area contributed by atoms with E-state index in [4.69, 9.17) is 56.8 Å². The van der Waals surface area contributed by atoms with Gasteiger partial charge in [0, 0.05) is 17.4 Å². The van der Waals surface area contributed by atoms with E-state index in [2.05, 4.69) is 34.6 Å². The van der Waals surface area contributed by atoms with E-state index in [0.29, 0.717) is 57.8 Å². The van der Waals surface area contributed by atoms with E-state index in [0.717, 1.165) is 6.42 Å². The van der Waals surface area contributed by atoms with Gasteiger partial charge in [-0.25, -0.2) is 9.59 Å². The fourth-order valence-corrected chi connectivity index (χ4v) is 20.1. The number of fused-ring (bicyclic) bond motifs is 4. The summed E-state index contributed by atoms with van der Waals surface area (Å²) in [5, 5.41) is 180. The van der Waals surface area contributed by atoms with E-state index in [1.807, 2.05) is 20.8 Å². The number of hydrogen-bond donors (Lipinski definition) is 16. The average molecular weight is 1370 g/mol. The molecule has 6 saturated heterocycles.